The number of pyridine rings is 1. The van der Waals surface area contributed by atoms with Gasteiger partial charge in [0.05, 0.1) is 22.2 Å². The lowest BCUT2D eigenvalue weighted by atomic mass is 10.1. The molecule has 0 spiro atoms. The zero-order chi connectivity index (χ0) is 22.4. The molecule has 0 radical (unpaired) electrons. The maximum Gasteiger partial charge on any atom is 0.140 e. The molecule has 0 N–H and O–H groups in total. The van der Waals surface area contributed by atoms with Gasteiger partial charge in [-0.15, -0.1) is 6.42 Å². The van der Waals surface area contributed by atoms with Gasteiger partial charge in [0.2, 0.25) is 0 Å². The molecule has 0 saturated heterocycles. The normalized spacial score (nSPS) is 11.6. The largest absolute Gasteiger partial charge is 0.294 e. The van der Waals surface area contributed by atoms with Crippen LogP contribution in [-0.4, -0.2) is 14.1 Å². The minimum Gasteiger partial charge on any atom is -0.294 e. The van der Waals surface area contributed by atoms with Crippen molar-refractivity contribution in [1.29, 1.82) is 0 Å². The number of aromatic nitrogens is 3. The molecule has 6 rings (SSSR count). The molecule has 3 aromatic heterocycles. The van der Waals surface area contributed by atoms with Crippen LogP contribution in [0.15, 0.2) is 97.1 Å². The third-order valence-corrected chi connectivity index (χ3v) is 6.27. The Morgan fingerprint density at radius 2 is 1.18 bits per heavy atom. The Balaban J connectivity index is 1.65. The fraction of sp³-hybridized carbons (Fsp3) is 0.0333. The SMILES string of the molecule is C#C/C=C\c1c(C)c2ccccc2n1-c1cccc(-n2c3ccccc3c3ccccc32)n1. The molecular weight excluding hydrogens is 402 g/mol. The first-order valence-corrected chi connectivity index (χ1v) is 11.0. The standard InChI is InChI=1S/C30H21N3/c1-3-4-15-25-21(2)22-12-5-8-16-26(22)32(25)29-19-11-20-30(31-29)33-27-17-9-6-13-23(27)24-14-7-10-18-28(24)33/h1,4-20H,2H3/b15-4-. The molecule has 0 aliphatic heterocycles. The van der Waals surface area contributed by atoms with E-state index in [1.165, 1.54) is 21.7 Å². The summed E-state index contributed by atoms with van der Waals surface area (Å²) in [5, 5.41) is 3.64. The van der Waals surface area contributed by atoms with Crippen LogP contribution in [0.4, 0.5) is 0 Å². The van der Waals surface area contributed by atoms with Crippen molar-refractivity contribution < 1.29 is 0 Å². The second-order valence-corrected chi connectivity index (χ2v) is 8.09. The van der Waals surface area contributed by atoms with Crippen molar-refractivity contribution in [2.45, 2.75) is 6.92 Å². The number of fused-ring (bicyclic) bond motifs is 4. The lowest BCUT2D eigenvalue weighted by molar-refractivity contribution is 0.983. The third-order valence-electron chi connectivity index (χ3n) is 6.27. The number of nitrogens with zero attached hydrogens (tertiary/aromatic N) is 3. The van der Waals surface area contributed by atoms with E-state index in [-0.39, 0.29) is 0 Å². The number of aryl methyl sites for hydroxylation is 1. The number of allylic oxidation sites excluding steroid dienone is 1. The molecule has 0 unspecified atom stereocenters. The van der Waals surface area contributed by atoms with E-state index in [4.69, 9.17) is 11.4 Å². The van der Waals surface area contributed by atoms with Crippen LogP contribution in [0.2, 0.25) is 0 Å². The van der Waals surface area contributed by atoms with Crippen molar-refractivity contribution in [1.82, 2.24) is 14.1 Å². The molecule has 0 aliphatic carbocycles. The summed E-state index contributed by atoms with van der Waals surface area (Å²) in [5.74, 6) is 4.36. The maximum absolute atomic E-state index is 5.54. The van der Waals surface area contributed by atoms with Gasteiger partial charge in [-0.3, -0.25) is 9.13 Å². The summed E-state index contributed by atoms with van der Waals surface area (Å²) in [7, 11) is 0. The number of hydrogen-bond acceptors (Lipinski definition) is 1. The van der Waals surface area contributed by atoms with Crippen LogP contribution in [-0.2, 0) is 0 Å². The van der Waals surface area contributed by atoms with Crippen LogP contribution in [0.3, 0.4) is 0 Å². The first kappa shape index (κ1) is 19.2. The first-order chi connectivity index (χ1) is 16.3. The van der Waals surface area contributed by atoms with E-state index in [9.17, 15) is 0 Å². The monoisotopic (exact) mass is 423 g/mol. The van der Waals surface area contributed by atoms with Crippen LogP contribution in [0, 0.1) is 19.3 Å². The molecule has 3 heteroatoms. The van der Waals surface area contributed by atoms with Crippen molar-refractivity contribution in [3.63, 3.8) is 0 Å². The Morgan fingerprint density at radius 1 is 0.667 bits per heavy atom. The average molecular weight is 424 g/mol. The van der Waals surface area contributed by atoms with Gasteiger partial charge in [0.25, 0.3) is 0 Å². The predicted octanol–water partition coefficient (Wildman–Crippen LogP) is 7.08. The summed E-state index contributed by atoms with van der Waals surface area (Å²) in [4.78, 5) is 5.16. The zero-order valence-electron chi connectivity index (χ0n) is 18.2. The Labute approximate surface area is 192 Å². The molecule has 0 bridgehead atoms. The highest BCUT2D eigenvalue weighted by Crippen LogP contribution is 2.33. The minimum absolute atomic E-state index is 0.857. The van der Waals surface area contributed by atoms with Gasteiger partial charge in [-0.2, -0.15) is 0 Å². The van der Waals surface area contributed by atoms with Crippen LogP contribution in [0.5, 0.6) is 0 Å². The number of benzene rings is 3. The van der Waals surface area contributed by atoms with E-state index in [1.807, 2.05) is 6.08 Å². The second kappa shape index (κ2) is 7.55. The topological polar surface area (TPSA) is 22.8 Å². The molecule has 33 heavy (non-hydrogen) atoms. The summed E-state index contributed by atoms with van der Waals surface area (Å²) in [6.07, 6.45) is 9.27. The number of rotatable bonds is 3. The van der Waals surface area contributed by atoms with E-state index < -0.39 is 0 Å². The van der Waals surface area contributed by atoms with Crippen LogP contribution < -0.4 is 0 Å². The van der Waals surface area contributed by atoms with Crippen molar-refractivity contribution >= 4 is 38.8 Å². The summed E-state index contributed by atoms with van der Waals surface area (Å²) >= 11 is 0. The smallest absolute Gasteiger partial charge is 0.140 e. The average Bonchev–Trinajstić information content (AvgIpc) is 3.35. The van der Waals surface area contributed by atoms with Crippen molar-refractivity contribution in [3.8, 4) is 24.0 Å². The molecule has 0 aliphatic rings. The highest BCUT2D eigenvalue weighted by molar-refractivity contribution is 6.09. The van der Waals surface area contributed by atoms with Crippen LogP contribution >= 0.6 is 0 Å². The Bertz CT molecular complexity index is 1680. The molecule has 0 atom stereocenters. The third kappa shape index (κ3) is 2.89. The molecular formula is C30H21N3. The molecule has 0 amide bonds. The molecule has 3 heterocycles. The van der Waals surface area contributed by atoms with Crippen molar-refractivity contribution in [3.05, 3.63) is 108 Å². The van der Waals surface area contributed by atoms with E-state index in [0.29, 0.717) is 0 Å². The van der Waals surface area contributed by atoms with Crippen LogP contribution in [0.1, 0.15) is 11.3 Å². The summed E-state index contributed by atoms with van der Waals surface area (Å²) in [6.45, 7) is 2.13. The van der Waals surface area contributed by atoms with Gasteiger partial charge >= 0.3 is 0 Å². The molecule has 156 valence electrons. The summed E-state index contributed by atoms with van der Waals surface area (Å²) < 4.78 is 4.43. The Hall–Kier alpha value is -4.55. The summed E-state index contributed by atoms with van der Waals surface area (Å²) in [5.41, 5.74) is 5.62. The van der Waals surface area contributed by atoms with E-state index in [1.54, 1.807) is 6.08 Å². The van der Waals surface area contributed by atoms with Gasteiger partial charge in [0.1, 0.15) is 11.6 Å². The fourth-order valence-corrected chi connectivity index (χ4v) is 4.83. The van der Waals surface area contributed by atoms with Gasteiger partial charge in [-0.05, 0) is 55.0 Å². The van der Waals surface area contributed by atoms with Gasteiger partial charge in [-0.1, -0.05) is 66.6 Å². The molecule has 3 nitrogen and oxygen atoms in total. The van der Waals surface area contributed by atoms with Gasteiger partial charge in [-0.25, -0.2) is 4.98 Å². The zero-order valence-corrected chi connectivity index (χ0v) is 18.2. The van der Waals surface area contributed by atoms with E-state index in [2.05, 4.69) is 113 Å². The predicted molar refractivity (Wildman–Crippen MR) is 138 cm³/mol. The maximum atomic E-state index is 5.54. The van der Waals surface area contributed by atoms with Gasteiger partial charge < -0.3 is 0 Å². The minimum atomic E-state index is 0.857. The first-order valence-electron chi connectivity index (χ1n) is 11.0. The molecule has 3 aromatic carbocycles. The van der Waals surface area contributed by atoms with Crippen LogP contribution in [0.25, 0.3) is 50.4 Å². The quantitative estimate of drug-likeness (QED) is 0.279. The molecule has 0 saturated carbocycles. The summed E-state index contributed by atoms with van der Waals surface area (Å²) in [6, 6.07) is 31.6. The van der Waals surface area contributed by atoms with Crippen molar-refractivity contribution in [2.75, 3.05) is 0 Å². The number of para-hydroxylation sites is 3. The molecule has 0 fully saturated rings. The van der Waals surface area contributed by atoms with Gasteiger partial charge in [0.15, 0.2) is 0 Å². The lowest BCUT2D eigenvalue weighted by Crippen LogP contribution is -2.04. The number of hydrogen-bond donors (Lipinski definition) is 0. The van der Waals surface area contributed by atoms with Crippen molar-refractivity contribution in [2.24, 2.45) is 0 Å². The highest BCUT2D eigenvalue weighted by Gasteiger charge is 2.16. The fourth-order valence-electron chi connectivity index (χ4n) is 4.83. The van der Waals surface area contributed by atoms with E-state index >= 15 is 0 Å². The molecule has 6 aromatic rings. The van der Waals surface area contributed by atoms with E-state index in [0.717, 1.165) is 33.9 Å². The lowest BCUT2D eigenvalue weighted by Gasteiger charge is -2.12. The Kier molecular flexibility index (Phi) is 4.38. The second-order valence-electron chi connectivity index (χ2n) is 8.09. The number of terminal acetylenes is 1. The highest BCUT2D eigenvalue weighted by atomic mass is 15.1. The Morgan fingerprint density at radius 3 is 1.79 bits per heavy atom. The van der Waals surface area contributed by atoms with Gasteiger partial charge in [0, 0.05) is 16.2 Å².